The van der Waals surface area contributed by atoms with Gasteiger partial charge < -0.3 is 4.90 Å². The lowest BCUT2D eigenvalue weighted by Gasteiger charge is -2.53. The molecule has 2 aliphatic rings. The van der Waals surface area contributed by atoms with Gasteiger partial charge in [0.1, 0.15) is 0 Å². The number of halogens is 2. The van der Waals surface area contributed by atoms with Crippen LogP contribution < -0.4 is 4.72 Å². The quantitative estimate of drug-likeness (QED) is 0.212. The van der Waals surface area contributed by atoms with Gasteiger partial charge in [0.05, 0.1) is 22.0 Å². The molecule has 2 fully saturated rings. The van der Waals surface area contributed by atoms with Gasteiger partial charge in [0.15, 0.2) is 0 Å². The van der Waals surface area contributed by atoms with E-state index in [1.807, 2.05) is 32.0 Å². The van der Waals surface area contributed by atoms with E-state index < -0.39 is 59.1 Å². The van der Waals surface area contributed by atoms with Crippen molar-refractivity contribution in [3.8, 4) is 0 Å². The zero-order valence-corrected chi connectivity index (χ0v) is 30.4. The highest BCUT2D eigenvalue weighted by Crippen LogP contribution is 2.49. The molecular formula is C33H47Cl2N3O5S2. The van der Waals surface area contributed by atoms with Gasteiger partial charge in [-0.25, -0.2) is 12.6 Å². The lowest BCUT2D eigenvalue weighted by atomic mass is 9.66. The van der Waals surface area contributed by atoms with Gasteiger partial charge in [0.25, 0.3) is 0 Å². The molecule has 8 nitrogen and oxygen atoms in total. The van der Waals surface area contributed by atoms with E-state index in [2.05, 4.69) is 11.3 Å². The van der Waals surface area contributed by atoms with Crippen LogP contribution in [0, 0.1) is 16.1 Å². The molecule has 1 unspecified atom stereocenters. The SMILES string of the molecule is C=C(/C=C\C(Cl)=C/C)[C@@H]1[C@@H](c2cccc(Cl)c2)C[C@](C)(CC(=O)NS(=O)(=O)C2(C)CC2)C(=O)N1[C@H](CS(=N)(=O)C(C)C)C(C)C. The molecule has 1 saturated heterocycles. The zero-order chi connectivity index (χ0) is 34.1. The molecule has 1 saturated carbocycles. The van der Waals surface area contributed by atoms with Crippen molar-refractivity contribution in [2.45, 2.75) is 102 Å². The van der Waals surface area contributed by atoms with Crippen molar-refractivity contribution in [3.63, 3.8) is 0 Å². The van der Waals surface area contributed by atoms with Gasteiger partial charge >= 0.3 is 0 Å². The first-order valence-electron chi connectivity index (χ1n) is 15.3. The van der Waals surface area contributed by atoms with Crippen LogP contribution in [0.2, 0.25) is 5.02 Å². The smallest absolute Gasteiger partial charge is 0.240 e. The fourth-order valence-corrected chi connectivity index (χ4v) is 8.78. The number of sulfonamides is 1. The summed E-state index contributed by atoms with van der Waals surface area (Å²) in [6.45, 7) is 16.7. The number of carbonyl (C=O) groups is 2. The first-order chi connectivity index (χ1) is 20.7. The van der Waals surface area contributed by atoms with E-state index >= 15 is 0 Å². The van der Waals surface area contributed by atoms with Crippen molar-refractivity contribution in [2.24, 2.45) is 11.3 Å². The minimum atomic E-state index is -3.92. The van der Waals surface area contributed by atoms with Crippen molar-refractivity contribution in [1.82, 2.24) is 9.62 Å². The summed E-state index contributed by atoms with van der Waals surface area (Å²) < 4.78 is 49.4. The van der Waals surface area contributed by atoms with Crippen LogP contribution in [0.4, 0.5) is 0 Å². The summed E-state index contributed by atoms with van der Waals surface area (Å²) in [4.78, 5) is 29.9. The molecule has 45 heavy (non-hydrogen) atoms. The summed E-state index contributed by atoms with van der Waals surface area (Å²) in [6.07, 6.45) is 5.91. The lowest BCUT2D eigenvalue weighted by molar-refractivity contribution is -0.155. The van der Waals surface area contributed by atoms with Crippen LogP contribution in [0.15, 0.2) is 59.7 Å². The molecule has 1 aliphatic heterocycles. The number of likely N-dealkylation sites (tertiary alicyclic amines) is 1. The van der Waals surface area contributed by atoms with Crippen LogP contribution in [0.3, 0.4) is 0 Å². The highest BCUT2D eigenvalue weighted by molar-refractivity contribution is 7.93. The van der Waals surface area contributed by atoms with Gasteiger partial charge in [-0.05, 0) is 68.4 Å². The molecule has 0 radical (unpaired) electrons. The van der Waals surface area contributed by atoms with E-state index in [0.717, 1.165) is 5.56 Å². The Bertz CT molecular complexity index is 1600. The third-order valence-corrected chi connectivity index (χ3v) is 14.3. The van der Waals surface area contributed by atoms with E-state index in [9.17, 15) is 22.2 Å². The van der Waals surface area contributed by atoms with Gasteiger partial charge in [0.2, 0.25) is 21.8 Å². The molecule has 1 aromatic carbocycles. The zero-order valence-electron chi connectivity index (χ0n) is 27.2. The molecule has 2 amide bonds. The summed E-state index contributed by atoms with van der Waals surface area (Å²) in [5.74, 6) is -1.87. The third-order valence-electron chi connectivity index (χ3n) is 9.20. The van der Waals surface area contributed by atoms with E-state index in [-0.39, 0.29) is 30.4 Å². The average Bonchev–Trinajstić information content (AvgIpc) is 3.70. The number of piperidine rings is 1. The number of allylic oxidation sites excluding steroid dienone is 3. The van der Waals surface area contributed by atoms with Gasteiger partial charge in [-0.3, -0.25) is 19.1 Å². The standard InChI is InChI=1S/C33H47Cl2N3O5S2/c1-9-25(34)14-13-23(6)30-27(24-11-10-12-26(35)17-24)18-32(7,19-29(39)37-45(42,43)33(8)15-16-33)31(40)38(30)28(21(2)3)20-44(36,41)22(4)5/h9-14,17,21-22,27-28,30,36H,6,15-16,18-20H2,1-5,7-8H3,(H,37,39)/b14-13-,25-9+/t27-,28-,30-,32-,44?/m1/s1. The summed E-state index contributed by atoms with van der Waals surface area (Å²) in [7, 11) is -7.05. The molecule has 1 heterocycles. The Kier molecular flexibility index (Phi) is 11.5. The van der Waals surface area contributed by atoms with Crippen LogP contribution in [0.25, 0.3) is 0 Å². The summed E-state index contributed by atoms with van der Waals surface area (Å²) in [6, 6.07) is 5.96. The fourth-order valence-electron chi connectivity index (χ4n) is 5.83. The topological polar surface area (TPSA) is 124 Å². The molecule has 250 valence electrons. The second kappa shape index (κ2) is 13.9. The largest absolute Gasteiger partial charge is 0.330 e. The van der Waals surface area contributed by atoms with Crippen molar-refractivity contribution in [1.29, 1.82) is 4.78 Å². The summed E-state index contributed by atoms with van der Waals surface area (Å²) >= 11 is 12.7. The van der Waals surface area contributed by atoms with Crippen LogP contribution >= 0.6 is 23.2 Å². The number of benzene rings is 1. The number of nitrogens with one attached hydrogen (secondary N) is 2. The Hall–Kier alpha value is -2.14. The first-order valence-corrected chi connectivity index (χ1v) is 19.3. The van der Waals surface area contributed by atoms with Crippen LogP contribution in [0.5, 0.6) is 0 Å². The summed E-state index contributed by atoms with van der Waals surface area (Å²) in [5, 5.41) is 0.514. The third kappa shape index (κ3) is 8.42. The van der Waals surface area contributed by atoms with Gasteiger partial charge in [-0.1, -0.05) is 88.7 Å². The minimum Gasteiger partial charge on any atom is -0.330 e. The molecule has 12 heteroatoms. The van der Waals surface area contributed by atoms with Gasteiger partial charge in [-0.2, -0.15) is 0 Å². The fraction of sp³-hybridized carbons (Fsp3) is 0.576. The van der Waals surface area contributed by atoms with Crippen molar-refractivity contribution < 1.29 is 22.2 Å². The molecule has 2 N–H and O–H groups in total. The highest BCUT2D eigenvalue weighted by Gasteiger charge is 2.55. The molecule has 0 spiro atoms. The second-order valence-corrected chi connectivity index (χ2v) is 19.4. The van der Waals surface area contributed by atoms with E-state index in [1.54, 1.807) is 63.8 Å². The Morgan fingerprint density at radius 3 is 2.31 bits per heavy atom. The Morgan fingerprint density at radius 2 is 1.80 bits per heavy atom. The lowest BCUT2D eigenvalue weighted by Crippen LogP contribution is -2.63. The molecular weight excluding hydrogens is 653 g/mol. The monoisotopic (exact) mass is 699 g/mol. The maximum absolute atomic E-state index is 14.8. The first kappa shape index (κ1) is 37.3. The number of carbonyl (C=O) groups excluding carboxylic acids is 2. The molecule has 1 aromatic rings. The van der Waals surface area contributed by atoms with Crippen molar-refractivity contribution in [2.75, 3.05) is 5.75 Å². The van der Waals surface area contributed by atoms with Crippen LogP contribution in [0.1, 0.15) is 85.6 Å². The van der Waals surface area contributed by atoms with Crippen LogP contribution in [-0.2, 0) is 29.3 Å². The normalized spacial score (nSPS) is 25.8. The van der Waals surface area contributed by atoms with Crippen LogP contribution in [-0.4, -0.2) is 57.2 Å². The van der Waals surface area contributed by atoms with E-state index in [4.69, 9.17) is 28.0 Å². The maximum Gasteiger partial charge on any atom is 0.240 e. The van der Waals surface area contributed by atoms with E-state index in [0.29, 0.717) is 28.5 Å². The molecule has 3 rings (SSSR count). The predicted molar refractivity (Wildman–Crippen MR) is 184 cm³/mol. The van der Waals surface area contributed by atoms with Gasteiger partial charge in [0, 0.05) is 43.4 Å². The Labute approximate surface area is 279 Å². The maximum atomic E-state index is 14.8. The Balaban J connectivity index is 2.23. The number of nitrogens with zero attached hydrogens (tertiary/aromatic N) is 1. The molecule has 5 atom stereocenters. The number of hydrogen-bond acceptors (Lipinski definition) is 6. The van der Waals surface area contributed by atoms with Crippen molar-refractivity contribution in [3.05, 3.63) is 70.3 Å². The Morgan fingerprint density at radius 1 is 1.18 bits per heavy atom. The second-order valence-electron chi connectivity index (χ2n) is 13.6. The highest BCUT2D eigenvalue weighted by atomic mass is 35.5. The average molecular weight is 701 g/mol. The minimum absolute atomic E-state index is 0.0749. The number of amides is 2. The number of hydrogen-bond donors (Lipinski definition) is 2. The van der Waals surface area contributed by atoms with E-state index in [1.165, 1.54) is 0 Å². The predicted octanol–water partition coefficient (Wildman–Crippen LogP) is 7.15. The van der Waals surface area contributed by atoms with Crippen molar-refractivity contribution >= 4 is 54.8 Å². The summed E-state index contributed by atoms with van der Waals surface area (Å²) in [5.41, 5.74) is 0.0296. The van der Waals surface area contributed by atoms with Gasteiger partial charge in [-0.15, -0.1) is 0 Å². The molecule has 1 aliphatic carbocycles. The molecule has 0 bridgehead atoms. The number of rotatable bonds is 13. The molecule has 0 aromatic heterocycles.